The highest BCUT2D eigenvalue weighted by molar-refractivity contribution is 5.88. The zero-order valence-electron chi connectivity index (χ0n) is 12.0. The highest BCUT2D eigenvalue weighted by Gasteiger charge is 2.42. The summed E-state index contributed by atoms with van der Waals surface area (Å²) >= 11 is 0. The molecule has 0 bridgehead atoms. The summed E-state index contributed by atoms with van der Waals surface area (Å²) in [6.45, 7) is 0.463. The summed E-state index contributed by atoms with van der Waals surface area (Å²) in [6.07, 6.45) is 0.424. The first-order valence-electron chi connectivity index (χ1n) is 6.33. The van der Waals surface area contributed by atoms with Crippen molar-refractivity contribution in [2.24, 2.45) is 0 Å². The second-order valence-corrected chi connectivity index (χ2v) is 5.07. The Kier molecular flexibility index (Phi) is 5.32. The lowest BCUT2D eigenvalue weighted by atomic mass is 9.90. The number of nitrogens with one attached hydrogen (secondary N) is 1. The fraction of sp³-hybridized carbons (Fsp3) is 0.750. The van der Waals surface area contributed by atoms with E-state index in [2.05, 4.69) is 5.32 Å². The Morgan fingerprint density at radius 1 is 1.20 bits per heavy atom. The van der Waals surface area contributed by atoms with Gasteiger partial charge in [-0.1, -0.05) is 0 Å². The van der Waals surface area contributed by atoms with Crippen LogP contribution in [0.1, 0.15) is 12.8 Å². The molecule has 0 aromatic heterocycles. The lowest BCUT2D eigenvalue weighted by molar-refractivity contribution is -0.148. The van der Waals surface area contributed by atoms with Crippen LogP contribution in [0.4, 0.5) is 4.79 Å². The van der Waals surface area contributed by atoms with Crippen molar-refractivity contribution in [3.05, 3.63) is 0 Å². The van der Waals surface area contributed by atoms with E-state index in [1.807, 2.05) is 0 Å². The van der Waals surface area contributed by atoms with E-state index in [1.54, 1.807) is 14.1 Å². The predicted molar refractivity (Wildman–Crippen MR) is 70.3 cm³/mol. The van der Waals surface area contributed by atoms with Gasteiger partial charge in [-0.05, 0) is 0 Å². The number of urea groups is 1. The van der Waals surface area contributed by atoms with E-state index in [4.69, 9.17) is 4.74 Å². The van der Waals surface area contributed by atoms with Crippen molar-refractivity contribution in [3.63, 3.8) is 0 Å². The zero-order chi connectivity index (χ0) is 15.3. The van der Waals surface area contributed by atoms with Crippen LogP contribution in [-0.2, 0) is 14.3 Å². The summed E-state index contributed by atoms with van der Waals surface area (Å²) < 4.78 is 5.12. The van der Waals surface area contributed by atoms with Gasteiger partial charge in [-0.25, -0.2) is 9.59 Å². The first kappa shape index (κ1) is 16.2. The molecule has 1 aliphatic rings. The molecule has 8 nitrogen and oxygen atoms in total. The van der Waals surface area contributed by atoms with E-state index in [0.29, 0.717) is 0 Å². The minimum Gasteiger partial charge on any atom is -0.480 e. The van der Waals surface area contributed by atoms with Crippen molar-refractivity contribution in [1.82, 2.24) is 15.1 Å². The van der Waals surface area contributed by atoms with Gasteiger partial charge in [0.05, 0.1) is 0 Å². The number of carbonyl (C=O) groups excluding carboxylic acids is 2. The molecule has 114 valence electrons. The molecule has 1 saturated heterocycles. The van der Waals surface area contributed by atoms with Crippen LogP contribution in [0.3, 0.4) is 0 Å². The molecule has 8 heteroatoms. The van der Waals surface area contributed by atoms with Crippen LogP contribution in [-0.4, -0.2) is 79.3 Å². The highest BCUT2D eigenvalue weighted by Crippen LogP contribution is 2.21. The van der Waals surface area contributed by atoms with Crippen molar-refractivity contribution in [3.8, 4) is 0 Å². The second-order valence-electron chi connectivity index (χ2n) is 5.07. The number of hydrogen-bond acceptors (Lipinski definition) is 4. The van der Waals surface area contributed by atoms with E-state index >= 15 is 0 Å². The van der Waals surface area contributed by atoms with Gasteiger partial charge in [0.25, 0.3) is 0 Å². The van der Waals surface area contributed by atoms with Crippen LogP contribution in [0.25, 0.3) is 0 Å². The van der Waals surface area contributed by atoms with Crippen LogP contribution in [0.5, 0.6) is 0 Å². The molecule has 0 atom stereocenters. The summed E-state index contributed by atoms with van der Waals surface area (Å²) in [5.41, 5.74) is -1.31. The van der Waals surface area contributed by atoms with Crippen LogP contribution in [0.15, 0.2) is 0 Å². The summed E-state index contributed by atoms with van der Waals surface area (Å²) in [5.74, 6) is -1.32. The van der Waals surface area contributed by atoms with Crippen molar-refractivity contribution >= 4 is 17.9 Å². The maximum atomic E-state index is 12.0. The van der Waals surface area contributed by atoms with Crippen LogP contribution in [0, 0.1) is 0 Å². The Bertz CT molecular complexity index is 391. The van der Waals surface area contributed by atoms with Crippen LogP contribution < -0.4 is 5.32 Å². The predicted octanol–water partition coefficient (Wildman–Crippen LogP) is -0.650. The number of carbonyl (C=O) groups is 3. The Hall–Kier alpha value is -1.83. The van der Waals surface area contributed by atoms with Gasteiger partial charge in [-0.2, -0.15) is 0 Å². The fourth-order valence-corrected chi connectivity index (χ4v) is 1.83. The smallest absolute Gasteiger partial charge is 0.329 e. The molecule has 1 rings (SSSR count). The molecular formula is C12H21N3O5. The number of hydrogen-bond donors (Lipinski definition) is 2. The van der Waals surface area contributed by atoms with Crippen molar-refractivity contribution in [2.75, 3.05) is 40.9 Å². The first-order valence-corrected chi connectivity index (χ1v) is 6.33. The zero-order valence-corrected chi connectivity index (χ0v) is 12.0. The van der Waals surface area contributed by atoms with Crippen molar-refractivity contribution in [1.29, 1.82) is 0 Å². The van der Waals surface area contributed by atoms with E-state index < -0.39 is 17.5 Å². The van der Waals surface area contributed by atoms with E-state index in [0.717, 1.165) is 0 Å². The molecule has 20 heavy (non-hydrogen) atoms. The number of nitrogens with zero attached hydrogens (tertiary/aromatic N) is 2. The van der Waals surface area contributed by atoms with E-state index in [1.165, 1.54) is 16.8 Å². The number of rotatable bonds is 4. The molecule has 0 spiro atoms. The number of amides is 3. The maximum absolute atomic E-state index is 12.0. The summed E-state index contributed by atoms with van der Waals surface area (Å²) in [7, 11) is 4.63. The molecule has 3 amide bonds. The van der Waals surface area contributed by atoms with Gasteiger partial charge in [0.2, 0.25) is 5.91 Å². The molecule has 0 aromatic carbocycles. The monoisotopic (exact) mass is 287 g/mol. The van der Waals surface area contributed by atoms with E-state index in [-0.39, 0.29) is 38.5 Å². The Labute approximate surface area is 117 Å². The Balaban J connectivity index is 2.66. The molecule has 1 aliphatic heterocycles. The third-order valence-electron chi connectivity index (χ3n) is 3.32. The third kappa shape index (κ3) is 3.83. The first-order chi connectivity index (χ1) is 9.28. The van der Waals surface area contributed by atoms with Crippen molar-refractivity contribution in [2.45, 2.75) is 18.4 Å². The number of carboxylic acid groups (broad SMARTS) is 1. The second kappa shape index (κ2) is 6.56. The quantitative estimate of drug-likeness (QED) is 0.716. The van der Waals surface area contributed by atoms with Gasteiger partial charge in [0.1, 0.15) is 12.1 Å². The highest BCUT2D eigenvalue weighted by atomic mass is 16.5. The van der Waals surface area contributed by atoms with E-state index in [9.17, 15) is 19.5 Å². The number of aliphatic carboxylic acids is 1. The van der Waals surface area contributed by atoms with Gasteiger partial charge in [-0.3, -0.25) is 4.79 Å². The molecule has 0 radical (unpaired) electrons. The molecule has 0 unspecified atom stereocenters. The van der Waals surface area contributed by atoms with Gasteiger partial charge in [0.15, 0.2) is 0 Å². The third-order valence-corrected chi connectivity index (χ3v) is 3.32. The average molecular weight is 287 g/mol. The molecule has 0 saturated carbocycles. The largest absolute Gasteiger partial charge is 0.480 e. The van der Waals surface area contributed by atoms with Crippen molar-refractivity contribution < 1.29 is 24.2 Å². The fourth-order valence-electron chi connectivity index (χ4n) is 1.83. The standard InChI is InChI=1S/C12H21N3O5/c1-14(2)9(16)8-15(3)11(19)13-12(10(17)18)4-6-20-7-5-12/h4-8H2,1-3H3,(H,13,19)(H,17,18). The summed E-state index contributed by atoms with van der Waals surface area (Å²) in [4.78, 5) is 37.5. The Morgan fingerprint density at radius 3 is 2.20 bits per heavy atom. The van der Waals surface area contributed by atoms with Gasteiger partial charge < -0.3 is 25.0 Å². The summed E-state index contributed by atoms with van der Waals surface area (Å²) in [6, 6.07) is -0.579. The number of likely N-dealkylation sites (N-methyl/N-ethyl adjacent to an activating group) is 2. The minimum absolute atomic E-state index is 0.106. The molecule has 1 fully saturated rings. The lowest BCUT2D eigenvalue weighted by Crippen LogP contribution is -2.60. The number of carboxylic acids is 1. The van der Waals surface area contributed by atoms with Crippen LogP contribution >= 0.6 is 0 Å². The van der Waals surface area contributed by atoms with Gasteiger partial charge >= 0.3 is 12.0 Å². The van der Waals surface area contributed by atoms with Gasteiger partial charge in [0, 0.05) is 47.2 Å². The molecule has 2 N–H and O–H groups in total. The average Bonchev–Trinajstić information content (AvgIpc) is 2.39. The topological polar surface area (TPSA) is 99.2 Å². The lowest BCUT2D eigenvalue weighted by Gasteiger charge is -2.35. The maximum Gasteiger partial charge on any atom is 0.329 e. The Morgan fingerprint density at radius 2 is 1.75 bits per heavy atom. The van der Waals surface area contributed by atoms with Crippen LogP contribution in [0.2, 0.25) is 0 Å². The summed E-state index contributed by atoms with van der Waals surface area (Å²) in [5, 5.41) is 11.8. The number of ether oxygens (including phenoxy) is 1. The molecular weight excluding hydrogens is 266 g/mol. The normalized spacial score (nSPS) is 17.1. The minimum atomic E-state index is -1.31. The molecule has 0 aliphatic carbocycles. The van der Waals surface area contributed by atoms with Gasteiger partial charge in [-0.15, -0.1) is 0 Å². The molecule has 0 aromatic rings. The SMILES string of the molecule is CN(C)C(=O)CN(C)C(=O)NC1(C(=O)O)CCOCC1. The molecule has 1 heterocycles.